The summed E-state index contributed by atoms with van der Waals surface area (Å²) in [7, 11) is 0. The standard InChI is InChI=1S/C15H16FN3O/c16-12-3-1-2-11(8-12)6-7-18-15(20)9-14-5-4-13(17)10-19-14/h1-5,8,10H,6-7,9,17H2,(H,18,20). The lowest BCUT2D eigenvalue weighted by atomic mass is 10.1. The monoisotopic (exact) mass is 273 g/mol. The second-order valence-electron chi connectivity index (χ2n) is 4.49. The van der Waals surface area contributed by atoms with Crippen LogP contribution in [-0.4, -0.2) is 17.4 Å². The number of carbonyl (C=O) groups is 1. The van der Waals surface area contributed by atoms with Gasteiger partial charge in [0.2, 0.25) is 5.91 Å². The molecule has 0 aliphatic heterocycles. The van der Waals surface area contributed by atoms with Gasteiger partial charge in [-0.1, -0.05) is 12.1 Å². The maximum absolute atomic E-state index is 13.0. The average molecular weight is 273 g/mol. The number of halogens is 1. The number of nitrogens with zero attached hydrogens (tertiary/aromatic N) is 1. The van der Waals surface area contributed by atoms with Crippen LogP contribution < -0.4 is 11.1 Å². The van der Waals surface area contributed by atoms with E-state index in [2.05, 4.69) is 10.3 Å². The number of nitrogen functional groups attached to an aromatic ring is 1. The fraction of sp³-hybridized carbons (Fsp3) is 0.200. The van der Waals surface area contributed by atoms with Gasteiger partial charge < -0.3 is 11.1 Å². The number of amides is 1. The van der Waals surface area contributed by atoms with Gasteiger partial charge in [0.1, 0.15) is 5.82 Å². The first-order valence-electron chi connectivity index (χ1n) is 6.35. The van der Waals surface area contributed by atoms with Crippen molar-refractivity contribution in [2.75, 3.05) is 12.3 Å². The molecule has 20 heavy (non-hydrogen) atoms. The number of benzene rings is 1. The van der Waals surface area contributed by atoms with Crippen LogP contribution in [-0.2, 0) is 17.6 Å². The number of anilines is 1. The smallest absolute Gasteiger partial charge is 0.226 e. The molecular formula is C15H16FN3O. The van der Waals surface area contributed by atoms with E-state index in [1.54, 1.807) is 18.2 Å². The molecule has 0 atom stereocenters. The quantitative estimate of drug-likeness (QED) is 0.871. The Morgan fingerprint density at radius 3 is 2.85 bits per heavy atom. The molecule has 2 aromatic rings. The van der Waals surface area contributed by atoms with Crippen LogP contribution in [0.5, 0.6) is 0 Å². The largest absolute Gasteiger partial charge is 0.397 e. The van der Waals surface area contributed by atoms with Gasteiger partial charge in [0.05, 0.1) is 18.3 Å². The summed E-state index contributed by atoms with van der Waals surface area (Å²) in [5, 5.41) is 2.78. The molecule has 1 aromatic heterocycles. The molecule has 0 saturated carbocycles. The number of pyridine rings is 1. The molecule has 0 radical (unpaired) electrons. The minimum absolute atomic E-state index is 0.112. The molecule has 1 amide bonds. The van der Waals surface area contributed by atoms with Gasteiger partial charge in [0, 0.05) is 12.2 Å². The first kappa shape index (κ1) is 14.0. The van der Waals surface area contributed by atoms with Crippen LogP contribution in [0.4, 0.5) is 10.1 Å². The van der Waals surface area contributed by atoms with Gasteiger partial charge in [-0.3, -0.25) is 9.78 Å². The predicted molar refractivity (Wildman–Crippen MR) is 75.5 cm³/mol. The second kappa shape index (κ2) is 6.65. The highest BCUT2D eigenvalue weighted by atomic mass is 19.1. The van der Waals surface area contributed by atoms with Crippen LogP contribution in [0.3, 0.4) is 0 Å². The van der Waals surface area contributed by atoms with Crippen LogP contribution in [0.1, 0.15) is 11.3 Å². The van der Waals surface area contributed by atoms with E-state index in [0.717, 1.165) is 5.56 Å². The van der Waals surface area contributed by atoms with Crippen molar-refractivity contribution in [3.63, 3.8) is 0 Å². The number of hydrogen-bond acceptors (Lipinski definition) is 3. The van der Waals surface area contributed by atoms with Crippen molar-refractivity contribution in [2.24, 2.45) is 0 Å². The molecule has 4 nitrogen and oxygen atoms in total. The van der Waals surface area contributed by atoms with Gasteiger partial charge in [0.15, 0.2) is 0 Å². The number of nitrogens with two attached hydrogens (primary N) is 1. The molecule has 104 valence electrons. The fourth-order valence-corrected chi connectivity index (χ4v) is 1.81. The highest BCUT2D eigenvalue weighted by Gasteiger charge is 2.04. The lowest BCUT2D eigenvalue weighted by Gasteiger charge is -2.05. The van der Waals surface area contributed by atoms with Crippen LogP contribution in [0.15, 0.2) is 42.6 Å². The maximum atomic E-state index is 13.0. The number of nitrogens with one attached hydrogen (secondary N) is 1. The topological polar surface area (TPSA) is 68.0 Å². The SMILES string of the molecule is Nc1ccc(CC(=O)NCCc2cccc(F)c2)nc1. The van der Waals surface area contributed by atoms with E-state index in [-0.39, 0.29) is 18.1 Å². The van der Waals surface area contributed by atoms with E-state index < -0.39 is 0 Å². The Morgan fingerprint density at radius 1 is 1.30 bits per heavy atom. The average Bonchev–Trinajstić information content (AvgIpc) is 2.41. The Bertz CT molecular complexity index is 584. The Balaban J connectivity index is 1.76. The Kier molecular flexibility index (Phi) is 4.65. The van der Waals surface area contributed by atoms with Gasteiger partial charge >= 0.3 is 0 Å². The molecule has 0 spiro atoms. The third kappa shape index (κ3) is 4.35. The fourth-order valence-electron chi connectivity index (χ4n) is 1.81. The predicted octanol–water partition coefficient (Wildman–Crippen LogP) is 1.70. The Hall–Kier alpha value is -2.43. The van der Waals surface area contributed by atoms with E-state index in [1.165, 1.54) is 18.3 Å². The number of carbonyl (C=O) groups excluding carboxylic acids is 1. The zero-order chi connectivity index (χ0) is 14.4. The summed E-state index contributed by atoms with van der Waals surface area (Å²) in [6, 6.07) is 9.79. The number of rotatable bonds is 5. The van der Waals surface area contributed by atoms with E-state index in [1.807, 2.05) is 6.07 Å². The van der Waals surface area contributed by atoms with Crippen LogP contribution >= 0.6 is 0 Å². The highest BCUT2D eigenvalue weighted by Crippen LogP contribution is 2.04. The summed E-state index contributed by atoms with van der Waals surface area (Å²) >= 11 is 0. The van der Waals surface area contributed by atoms with Gasteiger partial charge in [-0.25, -0.2) is 4.39 Å². The molecule has 2 rings (SSSR count). The summed E-state index contributed by atoms with van der Waals surface area (Å²) in [5.74, 6) is -0.376. The summed E-state index contributed by atoms with van der Waals surface area (Å²) in [6.45, 7) is 0.470. The van der Waals surface area contributed by atoms with Gasteiger partial charge in [-0.05, 0) is 36.2 Å². The molecule has 5 heteroatoms. The lowest BCUT2D eigenvalue weighted by Crippen LogP contribution is -2.27. The van der Waals surface area contributed by atoms with Crippen LogP contribution in [0.25, 0.3) is 0 Å². The van der Waals surface area contributed by atoms with Crippen molar-refractivity contribution in [1.82, 2.24) is 10.3 Å². The minimum Gasteiger partial charge on any atom is -0.397 e. The zero-order valence-corrected chi connectivity index (χ0v) is 11.0. The number of hydrogen-bond donors (Lipinski definition) is 2. The van der Waals surface area contributed by atoms with Crippen molar-refractivity contribution in [2.45, 2.75) is 12.8 Å². The first-order valence-corrected chi connectivity index (χ1v) is 6.35. The summed E-state index contributed by atoms with van der Waals surface area (Å²) in [6.07, 6.45) is 2.33. The van der Waals surface area contributed by atoms with Crippen molar-refractivity contribution in [3.05, 3.63) is 59.7 Å². The number of aromatic nitrogens is 1. The summed E-state index contributed by atoms with van der Waals surface area (Å²) in [5.41, 5.74) is 7.62. The molecule has 1 aromatic carbocycles. The van der Waals surface area contributed by atoms with Crippen molar-refractivity contribution in [3.8, 4) is 0 Å². The Morgan fingerprint density at radius 2 is 2.15 bits per heavy atom. The van der Waals surface area contributed by atoms with Crippen LogP contribution in [0.2, 0.25) is 0 Å². The van der Waals surface area contributed by atoms with Crippen molar-refractivity contribution >= 4 is 11.6 Å². The zero-order valence-electron chi connectivity index (χ0n) is 11.0. The van der Waals surface area contributed by atoms with Gasteiger partial charge in [0.25, 0.3) is 0 Å². The van der Waals surface area contributed by atoms with E-state index in [4.69, 9.17) is 5.73 Å². The molecule has 0 fully saturated rings. The Labute approximate surface area is 116 Å². The van der Waals surface area contributed by atoms with Gasteiger partial charge in [-0.2, -0.15) is 0 Å². The summed E-state index contributed by atoms with van der Waals surface area (Å²) < 4.78 is 13.0. The third-order valence-corrected chi connectivity index (χ3v) is 2.81. The third-order valence-electron chi connectivity index (χ3n) is 2.81. The van der Waals surface area contributed by atoms with E-state index >= 15 is 0 Å². The molecule has 0 unspecified atom stereocenters. The normalized spacial score (nSPS) is 10.2. The molecule has 3 N–H and O–H groups in total. The second-order valence-corrected chi connectivity index (χ2v) is 4.49. The van der Waals surface area contributed by atoms with Crippen LogP contribution in [0, 0.1) is 5.82 Å². The molecule has 0 aliphatic rings. The molecular weight excluding hydrogens is 257 g/mol. The molecule has 1 heterocycles. The van der Waals surface area contributed by atoms with Crippen molar-refractivity contribution in [1.29, 1.82) is 0 Å². The molecule has 0 aliphatic carbocycles. The lowest BCUT2D eigenvalue weighted by molar-refractivity contribution is -0.120. The van der Waals surface area contributed by atoms with E-state index in [0.29, 0.717) is 24.3 Å². The minimum atomic E-state index is -0.264. The summed E-state index contributed by atoms with van der Waals surface area (Å²) in [4.78, 5) is 15.8. The maximum Gasteiger partial charge on any atom is 0.226 e. The first-order chi connectivity index (χ1) is 9.63. The van der Waals surface area contributed by atoms with E-state index in [9.17, 15) is 9.18 Å². The van der Waals surface area contributed by atoms with Crippen molar-refractivity contribution < 1.29 is 9.18 Å². The highest BCUT2D eigenvalue weighted by molar-refractivity contribution is 5.78. The van der Waals surface area contributed by atoms with Gasteiger partial charge in [-0.15, -0.1) is 0 Å². The molecule has 0 saturated heterocycles. The molecule has 0 bridgehead atoms.